The maximum Gasteiger partial charge on any atom is -0.0289 e. The van der Waals surface area contributed by atoms with Crippen LogP contribution < -0.4 is 0 Å². The predicted octanol–water partition coefficient (Wildman–Crippen LogP) is 8.70. The quantitative estimate of drug-likeness (QED) is 0.425. The van der Waals surface area contributed by atoms with Crippen LogP contribution in [-0.2, 0) is 0 Å². The molecule has 0 heterocycles. The van der Waals surface area contributed by atoms with E-state index in [-0.39, 0.29) is 0 Å². The molecule has 0 radical (unpaired) electrons. The predicted molar refractivity (Wildman–Crippen MR) is 129 cm³/mol. The Morgan fingerprint density at radius 1 is 0.667 bits per heavy atom. The highest BCUT2D eigenvalue weighted by Gasteiger charge is 2.60. The summed E-state index contributed by atoms with van der Waals surface area (Å²) in [5, 5.41) is 0. The first-order chi connectivity index (χ1) is 14.2. The third-order valence-electron chi connectivity index (χ3n) is 12.2. The molecule has 12 atom stereocenters. The summed E-state index contributed by atoms with van der Waals surface area (Å²) in [6.45, 7) is 18.2. The normalized spacial score (nSPS) is 55.7. The van der Waals surface area contributed by atoms with Gasteiger partial charge in [0.25, 0.3) is 0 Å². The molecule has 0 amide bonds. The Balaban J connectivity index is 1.47. The minimum Gasteiger partial charge on any atom is -0.0625 e. The van der Waals surface area contributed by atoms with Gasteiger partial charge in [0.05, 0.1) is 0 Å². The zero-order chi connectivity index (χ0) is 21.4. The van der Waals surface area contributed by atoms with E-state index in [1.54, 1.807) is 38.5 Å². The number of fused-ring (bicyclic) bond motifs is 3. The van der Waals surface area contributed by atoms with Crippen LogP contribution in [0.5, 0.6) is 0 Å². The van der Waals surface area contributed by atoms with Gasteiger partial charge >= 0.3 is 0 Å². The molecule has 0 nitrogen and oxygen atoms in total. The molecule has 0 aromatic heterocycles. The van der Waals surface area contributed by atoms with E-state index in [1.165, 1.54) is 19.3 Å². The largest absolute Gasteiger partial charge is 0.0625 e. The van der Waals surface area contributed by atoms with Crippen molar-refractivity contribution in [3.05, 3.63) is 0 Å². The van der Waals surface area contributed by atoms with Gasteiger partial charge in [-0.3, -0.25) is 0 Å². The van der Waals surface area contributed by atoms with E-state index in [2.05, 4.69) is 48.5 Å². The van der Waals surface area contributed by atoms with Gasteiger partial charge in [-0.25, -0.2) is 0 Å². The van der Waals surface area contributed by atoms with E-state index >= 15 is 0 Å². The highest BCUT2D eigenvalue weighted by Crippen LogP contribution is 2.68. The molecule has 30 heavy (non-hydrogen) atoms. The third-order valence-corrected chi connectivity index (χ3v) is 12.2. The Hall–Kier alpha value is 0. The Kier molecular flexibility index (Phi) is 5.67. The Morgan fingerprint density at radius 3 is 2.03 bits per heavy atom. The fourth-order valence-corrected chi connectivity index (χ4v) is 11.1. The lowest BCUT2D eigenvalue weighted by molar-refractivity contribution is -0.170. The summed E-state index contributed by atoms with van der Waals surface area (Å²) in [4.78, 5) is 0. The molecule has 0 saturated heterocycles. The summed E-state index contributed by atoms with van der Waals surface area (Å²) < 4.78 is 0. The van der Waals surface area contributed by atoms with Gasteiger partial charge in [0.15, 0.2) is 0 Å². The highest BCUT2D eigenvalue weighted by molar-refractivity contribution is 5.09. The molecule has 5 aliphatic carbocycles. The van der Waals surface area contributed by atoms with Gasteiger partial charge in [-0.2, -0.15) is 0 Å². The van der Waals surface area contributed by atoms with Crippen molar-refractivity contribution in [2.45, 2.75) is 106 Å². The van der Waals surface area contributed by atoms with Gasteiger partial charge in [-0.1, -0.05) is 54.9 Å². The summed E-state index contributed by atoms with van der Waals surface area (Å²) in [5.41, 5.74) is 0.669. The van der Waals surface area contributed by atoms with Crippen LogP contribution >= 0.6 is 0 Å². The fourth-order valence-electron chi connectivity index (χ4n) is 11.1. The van der Waals surface area contributed by atoms with Crippen molar-refractivity contribution in [3.63, 3.8) is 0 Å². The molecule has 0 bridgehead atoms. The van der Waals surface area contributed by atoms with Crippen molar-refractivity contribution in [1.29, 1.82) is 0 Å². The lowest BCUT2D eigenvalue weighted by Gasteiger charge is -2.66. The number of hydrogen-bond donors (Lipinski definition) is 0. The van der Waals surface area contributed by atoms with Gasteiger partial charge in [0.2, 0.25) is 0 Å². The monoisotopic (exact) mass is 412 g/mol. The Labute approximate surface area is 188 Å². The van der Waals surface area contributed by atoms with E-state index in [9.17, 15) is 0 Å². The van der Waals surface area contributed by atoms with Crippen LogP contribution in [-0.4, -0.2) is 0 Å². The zero-order valence-corrected chi connectivity index (χ0v) is 21.4. The van der Waals surface area contributed by atoms with E-state index in [4.69, 9.17) is 0 Å². The minimum atomic E-state index is 0.669. The van der Waals surface area contributed by atoms with Crippen molar-refractivity contribution in [3.8, 4) is 0 Å². The van der Waals surface area contributed by atoms with E-state index in [0.717, 1.165) is 76.9 Å². The van der Waals surface area contributed by atoms with Gasteiger partial charge in [0.1, 0.15) is 0 Å². The average Bonchev–Trinajstić information content (AvgIpc) is 2.66. The molecule has 5 saturated carbocycles. The maximum atomic E-state index is 2.77. The Bertz CT molecular complexity index is 618. The van der Waals surface area contributed by atoms with Gasteiger partial charge in [-0.15, -0.1) is 0 Å². The highest BCUT2D eigenvalue weighted by atomic mass is 14.7. The van der Waals surface area contributed by atoms with Crippen molar-refractivity contribution < 1.29 is 0 Å². The fraction of sp³-hybridized carbons (Fsp3) is 1.00. The van der Waals surface area contributed by atoms with Crippen LogP contribution in [0.15, 0.2) is 0 Å². The molecular weight excluding hydrogens is 360 g/mol. The van der Waals surface area contributed by atoms with Crippen LogP contribution in [0.2, 0.25) is 0 Å². The van der Waals surface area contributed by atoms with Crippen molar-refractivity contribution in [1.82, 2.24) is 0 Å². The second-order valence-corrected chi connectivity index (χ2v) is 14.4. The molecule has 0 aliphatic heterocycles. The van der Waals surface area contributed by atoms with E-state index < -0.39 is 0 Å². The first-order valence-corrected chi connectivity index (χ1v) is 14.2. The summed E-state index contributed by atoms with van der Waals surface area (Å²) in [7, 11) is 0. The summed E-state index contributed by atoms with van der Waals surface area (Å²) in [5.74, 6) is 13.2. The second-order valence-electron chi connectivity index (χ2n) is 14.4. The molecule has 0 unspecified atom stereocenters. The first kappa shape index (κ1) is 21.8. The second kappa shape index (κ2) is 7.80. The molecule has 5 rings (SSSR count). The molecule has 0 heteroatoms. The third kappa shape index (κ3) is 3.36. The summed E-state index contributed by atoms with van der Waals surface area (Å²) >= 11 is 0. The average molecular weight is 413 g/mol. The molecule has 0 aromatic carbocycles. The molecule has 172 valence electrons. The number of rotatable bonds is 2. The molecule has 0 spiro atoms. The van der Waals surface area contributed by atoms with Crippen molar-refractivity contribution >= 4 is 0 Å². The van der Waals surface area contributed by atoms with Crippen LogP contribution in [0.4, 0.5) is 0 Å². The van der Waals surface area contributed by atoms with Crippen LogP contribution in [0.3, 0.4) is 0 Å². The van der Waals surface area contributed by atoms with E-state index in [0.29, 0.717) is 5.41 Å². The molecule has 0 aromatic rings. The van der Waals surface area contributed by atoms with Gasteiger partial charge in [0, 0.05) is 0 Å². The maximum absolute atomic E-state index is 2.77. The minimum absolute atomic E-state index is 0.669. The van der Waals surface area contributed by atoms with E-state index in [1.807, 2.05) is 0 Å². The first-order valence-electron chi connectivity index (χ1n) is 14.2. The van der Waals surface area contributed by atoms with Crippen molar-refractivity contribution in [2.24, 2.45) is 82.3 Å². The standard InChI is InChI=1S/C30H52/c1-17(2)22-9-8-20(6)24-15-25-21(14-26(22)24)16-30(7)11-10-23(18(3)4)27-12-19(5)13-28(25)29(27)30/h17-29H,8-16H2,1-7H3/t19-,20-,21-,22+,23-,24+,25+,26+,27-,28-,29-,30+/m1/s1. The molecular formula is C30H52. The Morgan fingerprint density at radius 2 is 1.33 bits per heavy atom. The lowest BCUT2D eigenvalue weighted by atomic mass is 9.39. The van der Waals surface area contributed by atoms with Crippen LogP contribution in [0.1, 0.15) is 106 Å². The number of hydrogen-bond acceptors (Lipinski definition) is 0. The van der Waals surface area contributed by atoms with Gasteiger partial charge < -0.3 is 0 Å². The zero-order valence-electron chi connectivity index (χ0n) is 21.4. The summed E-state index contributed by atoms with van der Waals surface area (Å²) in [6, 6.07) is 0. The smallest absolute Gasteiger partial charge is 0.0289 e. The van der Waals surface area contributed by atoms with Crippen LogP contribution in [0, 0.1) is 82.3 Å². The molecule has 5 aliphatic rings. The SMILES string of the molecule is CC(C)[C@H]1CC[C@@]2(C)C[C@H]3C[C@@H]4[C@@H](C[C@@H]3[C@H]3C[C@H](C)C[C@H]1[C@H]32)[C@H](C)CC[C@H]4C(C)C. The summed E-state index contributed by atoms with van der Waals surface area (Å²) in [6.07, 6.45) is 14.1. The van der Waals surface area contributed by atoms with Crippen molar-refractivity contribution in [2.75, 3.05) is 0 Å². The lowest BCUT2D eigenvalue weighted by Crippen LogP contribution is -2.58. The van der Waals surface area contributed by atoms with Gasteiger partial charge in [-0.05, 0) is 134 Å². The topological polar surface area (TPSA) is 0 Å². The molecule has 5 fully saturated rings. The van der Waals surface area contributed by atoms with Crippen LogP contribution in [0.25, 0.3) is 0 Å². The molecule has 0 N–H and O–H groups in total.